The van der Waals surface area contributed by atoms with Gasteiger partial charge in [0.2, 0.25) is 0 Å². The lowest BCUT2D eigenvalue weighted by atomic mass is 10.1. The summed E-state index contributed by atoms with van der Waals surface area (Å²) < 4.78 is 0. The summed E-state index contributed by atoms with van der Waals surface area (Å²) in [5.74, 6) is 0. The number of nitrogens with one attached hydrogen (secondary N) is 1. The quantitative estimate of drug-likeness (QED) is 0.623. The number of nitro groups is 1. The molecule has 1 atom stereocenters. The van der Waals surface area contributed by atoms with Crippen molar-refractivity contribution in [2.45, 2.75) is 19.5 Å². The summed E-state index contributed by atoms with van der Waals surface area (Å²) in [7, 11) is 2.01. The van der Waals surface area contributed by atoms with Crippen molar-refractivity contribution in [3.05, 3.63) is 69.8 Å². The fraction of sp³-hybridized carbons (Fsp3) is 0.278. The molecule has 0 saturated heterocycles. The van der Waals surface area contributed by atoms with Crippen LogP contribution in [0.15, 0.2) is 48.5 Å². The lowest BCUT2D eigenvalue weighted by molar-refractivity contribution is -0.384. The molecule has 6 heteroatoms. The molecular weight excluding hydrogens is 304 g/mol. The first-order valence-electron chi connectivity index (χ1n) is 7.67. The zero-order valence-electron chi connectivity index (χ0n) is 13.8. The van der Waals surface area contributed by atoms with Crippen molar-refractivity contribution in [2.24, 2.45) is 0 Å². The van der Waals surface area contributed by atoms with Crippen molar-refractivity contribution in [3.8, 4) is 6.07 Å². The van der Waals surface area contributed by atoms with Crippen molar-refractivity contribution in [1.29, 1.82) is 5.26 Å². The first-order valence-corrected chi connectivity index (χ1v) is 7.67. The van der Waals surface area contributed by atoms with Crippen LogP contribution in [0.3, 0.4) is 0 Å². The van der Waals surface area contributed by atoms with E-state index in [1.54, 1.807) is 12.1 Å². The van der Waals surface area contributed by atoms with Gasteiger partial charge in [0.25, 0.3) is 5.69 Å². The zero-order valence-corrected chi connectivity index (χ0v) is 13.8. The summed E-state index contributed by atoms with van der Waals surface area (Å²) in [6.07, 6.45) is 0. The minimum atomic E-state index is -0.469. The second-order valence-corrected chi connectivity index (χ2v) is 5.83. The second kappa shape index (κ2) is 8.09. The van der Waals surface area contributed by atoms with Gasteiger partial charge in [-0.15, -0.1) is 0 Å². The summed E-state index contributed by atoms with van der Waals surface area (Å²) in [6.45, 7) is 3.51. The number of nitrogens with zero attached hydrogens (tertiary/aromatic N) is 3. The summed E-state index contributed by atoms with van der Waals surface area (Å²) in [6, 6.07) is 16.5. The molecule has 0 aliphatic rings. The topological polar surface area (TPSA) is 82.2 Å². The van der Waals surface area contributed by atoms with Crippen molar-refractivity contribution < 1.29 is 4.92 Å². The Balaban J connectivity index is 2.00. The molecule has 0 fully saturated rings. The third kappa shape index (κ3) is 4.80. The highest BCUT2D eigenvalue weighted by molar-refractivity contribution is 5.64. The molecule has 0 aliphatic carbocycles. The number of hydrogen-bond acceptors (Lipinski definition) is 5. The largest absolute Gasteiger partial charge is 0.376 e. The lowest BCUT2D eigenvalue weighted by Gasteiger charge is -2.23. The van der Waals surface area contributed by atoms with E-state index in [-0.39, 0.29) is 17.3 Å². The van der Waals surface area contributed by atoms with Gasteiger partial charge in [-0.1, -0.05) is 30.3 Å². The zero-order chi connectivity index (χ0) is 17.5. The third-order valence-electron chi connectivity index (χ3n) is 3.61. The Hall–Kier alpha value is -2.91. The average Bonchev–Trinajstić information content (AvgIpc) is 2.55. The normalized spacial score (nSPS) is 11.8. The Morgan fingerprint density at radius 3 is 2.62 bits per heavy atom. The van der Waals surface area contributed by atoms with Crippen LogP contribution in [-0.2, 0) is 6.54 Å². The summed E-state index contributed by atoms with van der Waals surface area (Å²) >= 11 is 0. The van der Waals surface area contributed by atoms with Gasteiger partial charge in [-0.2, -0.15) is 5.26 Å². The van der Waals surface area contributed by atoms with Gasteiger partial charge in [-0.05, 0) is 31.7 Å². The number of rotatable bonds is 7. The Bertz CT molecular complexity index is 740. The summed E-state index contributed by atoms with van der Waals surface area (Å²) in [5, 5.41) is 23.2. The molecular formula is C18H20N4O2. The monoisotopic (exact) mass is 324 g/mol. The smallest absolute Gasteiger partial charge is 0.293 e. The number of benzene rings is 2. The van der Waals surface area contributed by atoms with Crippen molar-refractivity contribution in [3.63, 3.8) is 0 Å². The first-order chi connectivity index (χ1) is 11.5. The van der Waals surface area contributed by atoms with Crippen molar-refractivity contribution >= 4 is 11.4 Å². The van der Waals surface area contributed by atoms with Gasteiger partial charge in [0, 0.05) is 25.2 Å². The average molecular weight is 324 g/mol. The maximum Gasteiger partial charge on any atom is 0.293 e. The SMILES string of the molecule is CC(CN(C)Cc1ccccc1)Nc1ccc(C#N)cc1[N+](=O)[O-]. The van der Waals surface area contributed by atoms with Crippen LogP contribution < -0.4 is 5.32 Å². The first kappa shape index (κ1) is 17.4. The third-order valence-corrected chi connectivity index (χ3v) is 3.61. The molecule has 0 spiro atoms. The lowest BCUT2D eigenvalue weighted by Crippen LogP contribution is -2.32. The number of likely N-dealkylation sites (N-methyl/N-ethyl adjacent to an activating group) is 1. The molecule has 1 N–H and O–H groups in total. The number of nitriles is 1. The van der Waals surface area contributed by atoms with E-state index in [9.17, 15) is 10.1 Å². The predicted octanol–water partition coefficient (Wildman–Crippen LogP) is 3.40. The molecule has 0 amide bonds. The highest BCUT2D eigenvalue weighted by Gasteiger charge is 2.17. The van der Waals surface area contributed by atoms with Gasteiger partial charge in [0.1, 0.15) is 5.69 Å². The molecule has 6 nitrogen and oxygen atoms in total. The number of hydrogen-bond donors (Lipinski definition) is 1. The van der Waals surface area contributed by atoms with Gasteiger partial charge < -0.3 is 10.2 Å². The fourth-order valence-corrected chi connectivity index (χ4v) is 2.61. The van der Waals surface area contributed by atoms with Gasteiger partial charge >= 0.3 is 0 Å². The predicted molar refractivity (Wildman–Crippen MR) is 93.7 cm³/mol. The van der Waals surface area contributed by atoms with Gasteiger partial charge in [0.15, 0.2) is 0 Å². The van der Waals surface area contributed by atoms with E-state index < -0.39 is 4.92 Å². The van der Waals surface area contributed by atoms with Crippen LogP contribution in [0.4, 0.5) is 11.4 Å². The minimum absolute atomic E-state index is 0.0188. The van der Waals surface area contributed by atoms with Gasteiger partial charge in [-0.25, -0.2) is 0 Å². The minimum Gasteiger partial charge on any atom is -0.376 e. The van der Waals surface area contributed by atoms with E-state index in [2.05, 4.69) is 22.3 Å². The molecule has 1 unspecified atom stereocenters. The van der Waals surface area contributed by atoms with Gasteiger partial charge in [0.05, 0.1) is 16.6 Å². The molecule has 2 aromatic rings. The summed E-state index contributed by atoms with van der Waals surface area (Å²) in [5.41, 5.74) is 1.85. The molecule has 0 saturated carbocycles. The highest BCUT2D eigenvalue weighted by Crippen LogP contribution is 2.26. The van der Waals surface area contributed by atoms with Crippen LogP contribution in [0.25, 0.3) is 0 Å². The van der Waals surface area contributed by atoms with Crippen molar-refractivity contribution in [2.75, 3.05) is 18.9 Å². The molecule has 24 heavy (non-hydrogen) atoms. The maximum atomic E-state index is 11.2. The molecule has 0 aliphatic heterocycles. The number of nitro benzene ring substituents is 1. The molecule has 0 heterocycles. The van der Waals surface area contributed by atoms with E-state index >= 15 is 0 Å². The number of anilines is 1. The van der Waals surface area contributed by atoms with Crippen LogP contribution in [-0.4, -0.2) is 29.5 Å². The van der Waals surface area contributed by atoms with Crippen LogP contribution in [0, 0.1) is 21.4 Å². The molecule has 124 valence electrons. The Labute approximate surface area is 141 Å². The molecule has 0 bridgehead atoms. The maximum absolute atomic E-state index is 11.2. The highest BCUT2D eigenvalue weighted by atomic mass is 16.6. The van der Waals surface area contributed by atoms with E-state index in [0.717, 1.165) is 13.1 Å². The molecule has 2 rings (SSSR count). The fourth-order valence-electron chi connectivity index (χ4n) is 2.61. The Kier molecular flexibility index (Phi) is 5.88. The Morgan fingerprint density at radius 2 is 2.00 bits per heavy atom. The standard InChI is InChI=1S/C18H20N4O2/c1-14(12-21(2)13-15-6-4-3-5-7-15)20-17-9-8-16(11-19)10-18(17)22(23)24/h3-10,14,20H,12-13H2,1-2H3. The van der Waals surface area contributed by atoms with E-state index in [4.69, 9.17) is 5.26 Å². The van der Waals surface area contributed by atoms with Crippen LogP contribution in [0.1, 0.15) is 18.1 Å². The van der Waals surface area contributed by atoms with Gasteiger partial charge in [-0.3, -0.25) is 10.1 Å². The molecule has 0 radical (unpaired) electrons. The van der Waals surface area contributed by atoms with Crippen molar-refractivity contribution in [1.82, 2.24) is 4.90 Å². The summed E-state index contributed by atoms with van der Waals surface area (Å²) in [4.78, 5) is 12.9. The van der Waals surface area contributed by atoms with E-state index in [1.807, 2.05) is 38.2 Å². The van der Waals surface area contributed by atoms with Crippen LogP contribution >= 0.6 is 0 Å². The van der Waals surface area contributed by atoms with Crippen LogP contribution in [0.2, 0.25) is 0 Å². The van der Waals surface area contributed by atoms with E-state index in [1.165, 1.54) is 11.6 Å². The van der Waals surface area contributed by atoms with E-state index in [0.29, 0.717) is 5.69 Å². The molecule has 2 aromatic carbocycles. The second-order valence-electron chi connectivity index (χ2n) is 5.83. The Morgan fingerprint density at radius 1 is 1.29 bits per heavy atom. The van der Waals surface area contributed by atoms with Crippen LogP contribution in [0.5, 0.6) is 0 Å². The molecule has 0 aromatic heterocycles.